The summed E-state index contributed by atoms with van der Waals surface area (Å²) in [4.78, 5) is 8.33. The fraction of sp³-hybridized carbons (Fsp3) is 0.0909. The van der Waals surface area contributed by atoms with Crippen molar-refractivity contribution in [2.75, 3.05) is 0 Å². The molecule has 0 fully saturated rings. The fourth-order valence-corrected chi connectivity index (χ4v) is 1.73. The van der Waals surface area contributed by atoms with Crippen LogP contribution in [0.5, 0.6) is 0 Å². The van der Waals surface area contributed by atoms with E-state index in [1.807, 2.05) is 0 Å². The number of hydrogen-bond acceptors (Lipinski definition) is 3. The molecule has 2 aromatic rings. The van der Waals surface area contributed by atoms with Crippen molar-refractivity contribution >= 4 is 15.9 Å². The minimum atomic E-state index is -0.319. The molecule has 82 valence electrons. The van der Waals surface area contributed by atoms with Gasteiger partial charge >= 0.3 is 0 Å². The van der Waals surface area contributed by atoms with Crippen LogP contribution in [-0.2, 0) is 6.54 Å². The Morgan fingerprint density at radius 3 is 2.88 bits per heavy atom. The standard InChI is InChI=1S/C11H9BrFN3/c12-10-2-1-7(13)5-9(10)11-15-4-3-8(6-14)16-11/h1-5H,6,14H2. The van der Waals surface area contributed by atoms with Gasteiger partial charge in [0.1, 0.15) is 5.82 Å². The fourth-order valence-electron chi connectivity index (χ4n) is 1.31. The number of nitrogens with two attached hydrogens (primary N) is 1. The van der Waals surface area contributed by atoms with Gasteiger partial charge in [0.25, 0.3) is 0 Å². The van der Waals surface area contributed by atoms with Gasteiger partial charge in [0, 0.05) is 22.8 Å². The summed E-state index contributed by atoms with van der Waals surface area (Å²) in [5.74, 6) is 0.147. The van der Waals surface area contributed by atoms with E-state index in [-0.39, 0.29) is 5.82 Å². The second-order valence-corrected chi connectivity index (χ2v) is 4.05. The molecule has 0 atom stereocenters. The van der Waals surface area contributed by atoms with Gasteiger partial charge in [-0.3, -0.25) is 0 Å². The molecule has 5 heteroatoms. The first kappa shape index (κ1) is 11.2. The summed E-state index contributed by atoms with van der Waals surface area (Å²) in [6, 6.07) is 6.12. The molecule has 0 bridgehead atoms. The Hall–Kier alpha value is -1.33. The lowest BCUT2D eigenvalue weighted by Gasteiger charge is -2.04. The molecule has 0 unspecified atom stereocenters. The number of benzene rings is 1. The lowest BCUT2D eigenvalue weighted by molar-refractivity contribution is 0.628. The maximum Gasteiger partial charge on any atom is 0.160 e. The van der Waals surface area contributed by atoms with Crippen molar-refractivity contribution in [3.63, 3.8) is 0 Å². The van der Waals surface area contributed by atoms with Gasteiger partial charge < -0.3 is 5.73 Å². The minimum absolute atomic E-state index is 0.319. The van der Waals surface area contributed by atoms with Crippen LogP contribution in [0, 0.1) is 5.82 Å². The average Bonchev–Trinajstić information content (AvgIpc) is 2.32. The van der Waals surface area contributed by atoms with Gasteiger partial charge in [-0.25, -0.2) is 14.4 Å². The first-order valence-corrected chi connectivity index (χ1v) is 5.47. The molecule has 0 amide bonds. The molecular formula is C11H9BrFN3. The van der Waals surface area contributed by atoms with Crippen molar-refractivity contribution in [3.05, 3.63) is 46.4 Å². The van der Waals surface area contributed by atoms with Crippen LogP contribution < -0.4 is 5.73 Å². The molecule has 0 saturated heterocycles. The third-order valence-corrected chi connectivity index (χ3v) is 2.78. The van der Waals surface area contributed by atoms with Crippen molar-refractivity contribution < 1.29 is 4.39 Å². The van der Waals surface area contributed by atoms with Gasteiger partial charge in [-0.2, -0.15) is 0 Å². The molecule has 1 aromatic carbocycles. The first-order chi connectivity index (χ1) is 7.70. The number of hydrogen-bond donors (Lipinski definition) is 1. The molecule has 0 aliphatic carbocycles. The van der Waals surface area contributed by atoms with Crippen molar-refractivity contribution in [1.82, 2.24) is 9.97 Å². The van der Waals surface area contributed by atoms with Crippen LogP contribution >= 0.6 is 15.9 Å². The van der Waals surface area contributed by atoms with E-state index in [0.29, 0.717) is 17.9 Å². The zero-order valence-corrected chi connectivity index (χ0v) is 9.91. The van der Waals surface area contributed by atoms with E-state index in [9.17, 15) is 4.39 Å². The summed E-state index contributed by atoms with van der Waals surface area (Å²) in [7, 11) is 0. The topological polar surface area (TPSA) is 51.8 Å². The van der Waals surface area contributed by atoms with E-state index in [2.05, 4.69) is 25.9 Å². The second kappa shape index (κ2) is 4.67. The summed E-state index contributed by atoms with van der Waals surface area (Å²) in [6.07, 6.45) is 1.61. The van der Waals surface area contributed by atoms with Crippen molar-refractivity contribution in [2.45, 2.75) is 6.54 Å². The monoisotopic (exact) mass is 281 g/mol. The normalized spacial score (nSPS) is 10.4. The van der Waals surface area contributed by atoms with Crippen molar-refractivity contribution in [1.29, 1.82) is 0 Å². The third kappa shape index (κ3) is 2.25. The molecule has 0 saturated carbocycles. The van der Waals surface area contributed by atoms with Crippen LogP contribution in [0.2, 0.25) is 0 Å². The molecule has 0 aliphatic rings. The molecule has 3 nitrogen and oxygen atoms in total. The van der Waals surface area contributed by atoms with Crippen LogP contribution in [-0.4, -0.2) is 9.97 Å². The molecule has 1 heterocycles. The van der Waals surface area contributed by atoms with Gasteiger partial charge in [0.15, 0.2) is 5.82 Å². The highest BCUT2D eigenvalue weighted by Gasteiger charge is 2.07. The van der Waals surface area contributed by atoms with Crippen LogP contribution in [0.4, 0.5) is 4.39 Å². The Labute approximate surface area is 101 Å². The molecular weight excluding hydrogens is 273 g/mol. The summed E-state index contributed by atoms with van der Waals surface area (Å²) < 4.78 is 13.9. The van der Waals surface area contributed by atoms with Gasteiger partial charge in [0.05, 0.1) is 5.69 Å². The minimum Gasteiger partial charge on any atom is -0.325 e. The van der Waals surface area contributed by atoms with Crippen molar-refractivity contribution in [3.8, 4) is 11.4 Å². The van der Waals surface area contributed by atoms with E-state index in [0.717, 1.165) is 10.2 Å². The predicted octanol–water partition coefficient (Wildman–Crippen LogP) is 2.50. The average molecular weight is 282 g/mol. The maximum atomic E-state index is 13.1. The van der Waals surface area contributed by atoms with Crippen LogP contribution in [0.25, 0.3) is 11.4 Å². The lowest BCUT2D eigenvalue weighted by atomic mass is 10.2. The Balaban J connectivity index is 2.53. The molecule has 16 heavy (non-hydrogen) atoms. The summed E-state index contributed by atoms with van der Waals surface area (Å²) >= 11 is 3.34. The Morgan fingerprint density at radius 1 is 1.31 bits per heavy atom. The molecule has 0 aliphatic heterocycles. The van der Waals surface area contributed by atoms with E-state index in [4.69, 9.17) is 5.73 Å². The van der Waals surface area contributed by atoms with Gasteiger partial charge in [0.2, 0.25) is 0 Å². The molecule has 0 spiro atoms. The first-order valence-electron chi connectivity index (χ1n) is 4.68. The zero-order valence-electron chi connectivity index (χ0n) is 8.32. The number of halogens is 2. The lowest BCUT2D eigenvalue weighted by Crippen LogP contribution is -2.01. The summed E-state index contributed by atoms with van der Waals surface area (Å²) in [6.45, 7) is 0.336. The summed E-state index contributed by atoms with van der Waals surface area (Å²) in [5, 5.41) is 0. The van der Waals surface area contributed by atoms with E-state index < -0.39 is 0 Å². The molecule has 2 N–H and O–H groups in total. The Bertz CT molecular complexity index is 516. The highest BCUT2D eigenvalue weighted by Crippen LogP contribution is 2.26. The molecule has 0 radical (unpaired) electrons. The number of rotatable bonds is 2. The van der Waals surface area contributed by atoms with Crippen LogP contribution in [0.15, 0.2) is 34.9 Å². The molecule has 2 rings (SSSR count). The highest BCUT2D eigenvalue weighted by atomic mass is 79.9. The summed E-state index contributed by atoms with van der Waals surface area (Å²) in [5.41, 5.74) is 6.83. The second-order valence-electron chi connectivity index (χ2n) is 3.20. The smallest absolute Gasteiger partial charge is 0.160 e. The quantitative estimate of drug-likeness (QED) is 0.920. The van der Waals surface area contributed by atoms with Gasteiger partial charge in [-0.1, -0.05) is 15.9 Å². The van der Waals surface area contributed by atoms with Crippen LogP contribution in [0.3, 0.4) is 0 Å². The van der Waals surface area contributed by atoms with Crippen molar-refractivity contribution in [2.24, 2.45) is 5.73 Å². The van der Waals surface area contributed by atoms with E-state index >= 15 is 0 Å². The van der Waals surface area contributed by atoms with Gasteiger partial charge in [-0.05, 0) is 24.3 Å². The maximum absolute atomic E-state index is 13.1. The third-order valence-electron chi connectivity index (χ3n) is 2.09. The Kier molecular flexibility index (Phi) is 3.26. The predicted molar refractivity (Wildman–Crippen MR) is 63.0 cm³/mol. The molecule has 1 aromatic heterocycles. The largest absolute Gasteiger partial charge is 0.325 e. The van der Waals surface area contributed by atoms with Gasteiger partial charge in [-0.15, -0.1) is 0 Å². The van der Waals surface area contributed by atoms with Crippen LogP contribution in [0.1, 0.15) is 5.69 Å². The highest BCUT2D eigenvalue weighted by molar-refractivity contribution is 9.10. The van der Waals surface area contributed by atoms with E-state index in [1.165, 1.54) is 12.1 Å². The Morgan fingerprint density at radius 2 is 2.12 bits per heavy atom. The van der Waals surface area contributed by atoms with E-state index in [1.54, 1.807) is 18.3 Å². The SMILES string of the molecule is NCc1ccnc(-c2cc(F)ccc2Br)n1. The number of nitrogens with zero attached hydrogens (tertiary/aromatic N) is 2. The zero-order chi connectivity index (χ0) is 11.5. The number of aromatic nitrogens is 2.